The highest BCUT2D eigenvalue weighted by atomic mass is 31.2. The highest BCUT2D eigenvalue weighted by Crippen LogP contribution is 2.41. The molecule has 0 radical (unpaired) electrons. The third kappa shape index (κ3) is 9.99. The summed E-state index contributed by atoms with van der Waals surface area (Å²) < 4.78 is 17.9. The van der Waals surface area contributed by atoms with Gasteiger partial charge in [0.1, 0.15) is 30.2 Å². The summed E-state index contributed by atoms with van der Waals surface area (Å²) in [4.78, 5) is 56.6. The second-order valence-corrected chi connectivity index (χ2v) is 10.8. The van der Waals surface area contributed by atoms with Crippen LogP contribution in [0.1, 0.15) is 45.2 Å². The summed E-state index contributed by atoms with van der Waals surface area (Å²) in [5, 5.41) is 7.46. The molecule has 2 aromatic carbocycles. The molecule has 0 bridgehead atoms. The Hall–Kier alpha value is -3.20. The molecule has 10 nitrogen and oxygen atoms in total. The number of carbonyl (C=O) groups is 3. The molecule has 5 N–H and O–H groups in total. The van der Waals surface area contributed by atoms with Crippen LogP contribution < -0.4 is 20.7 Å². The molecule has 37 heavy (non-hydrogen) atoms. The predicted octanol–water partition coefficient (Wildman–Crippen LogP) is 2.48. The first-order valence-electron chi connectivity index (χ1n) is 12.1. The topological polar surface area (TPSA) is 154 Å². The second kappa shape index (κ2) is 13.9. The van der Waals surface area contributed by atoms with Gasteiger partial charge in [-0.1, -0.05) is 62.7 Å². The third-order valence-electron chi connectivity index (χ3n) is 5.92. The molecule has 0 fully saturated rings. The SMILES string of the molecule is CC[C@H](C)[C@H](NC(C)=O)C(=O)N[C@@H](C)C(=O)N[C@@H](Cc1ccc(OCc2ccccc2)cc1)P(=O)(O)O. The molecule has 11 heteroatoms. The fourth-order valence-electron chi connectivity index (χ4n) is 3.52. The summed E-state index contributed by atoms with van der Waals surface area (Å²) in [6, 6.07) is 14.4. The number of hydrogen-bond acceptors (Lipinski definition) is 5. The average Bonchev–Trinajstić information content (AvgIpc) is 2.85. The zero-order chi connectivity index (χ0) is 27.6. The van der Waals surface area contributed by atoms with E-state index >= 15 is 0 Å². The van der Waals surface area contributed by atoms with E-state index in [1.165, 1.54) is 13.8 Å². The summed E-state index contributed by atoms with van der Waals surface area (Å²) in [6.07, 6.45) is 0.492. The fourth-order valence-corrected chi connectivity index (χ4v) is 4.26. The van der Waals surface area contributed by atoms with E-state index in [1.54, 1.807) is 31.2 Å². The Bertz CT molecular complexity index is 1090. The predicted molar refractivity (Wildman–Crippen MR) is 140 cm³/mol. The molecule has 0 aromatic heterocycles. The molecule has 3 amide bonds. The standard InChI is InChI=1S/C26H36N3O7P/c1-5-17(2)24(28-19(4)30)26(32)27-18(3)25(31)29-23(37(33,34)35)15-20-11-13-22(14-12-20)36-16-21-9-7-6-8-10-21/h6-14,17-18,23-24H,5,15-16H2,1-4H3,(H,27,32)(H,28,30)(H,29,31)(H2,33,34,35)/t17-,18-,23+,24-/m0/s1. The maximum atomic E-state index is 12.7. The molecular weight excluding hydrogens is 497 g/mol. The maximum absolute atomic E-state index is 12.7. The molecular formula is C26H36N3O7P. The lowest BCUT2D eigenvalue weighted by atomic mass is 9.98. The van der Waals surface area contributed by atoms with Crippen molar-refractivity contribution in [3.63, 3.8) is 0 Å². The zero-order valence-electron chi connectivity index (χ0n) is 21.5. The number of benzene rings is 2. The van der Waals surface area contributed by atoms with Gasteiger partial charge in [0, 0.05) is 13.3 Å². The first-order valence-corrected chi connectivity index (χ1v) is 13.8. The van der Waals surface area contributed by atoms with Gasteiger partial charge in [-0.2, -0.15) is 0 Å². The number of rotatable bonds is 13. The first kappa shape index (κ1) is 30.0. The van der Waals surface area contributed by atoms with Crippen LogP contribution in [0.25, 0.3) is 0 Å². The first-order chi connectivity index (χ1) is 17.4. The van der Waals surface area contributed by atoms with Crippen molar-refractivity contribution in [2.24, 2.45) is 5.92 Å². The number of nitrogens with one attached hydrogen (secondary N) is 3. The summed E-state index contributed by atoms with van der Waals surface area (Å²) >= 11 is 0. The average molecular weight is 534 g/mol. The van der Waals surface area contributed by atoms with E-state index in [9.17, 15) is 28.7 Å². The molecule has 202 valence electrons. The summed E-state index contributed by atoms with van der Waals surface area (Å²) in [5.74, 6) is -2.76. The van der Waals surface area contributed by atoms with E-state index in [-0.39, 0.29) is 18.2 Å². The van der Waals surface area contributed by atoms with E-state index in [4.69, 9.17) is 4.74 Å². The van der Waals surface area contributed by atoms with Crippen molar-refractivity contribution in [1.82, 2.24) is 16.0 Å². The second-order valence-electron chi connectivity index (χ2n) is 9.03. The van der Waals surface area contributed by atoms with E-state index in [0.29, 0.717) is 24.3 Å². The number of ether oxygens (including phenoxy) is 1. The van der Waals surface area contributed by atoms with Crippen molar-refractivity contribution in [3.05, 3.63) is 65.7 Å². The van der Waals surface area contributed by atoms with Gasteiger partial charge in [-0.05, 0) is 36.1 Å². The van der Waals surface area contributed by atoms with E-state index < -0.39 is 37.3 Å². The van der Waals surface area contributed by atoms with Crippen LogP contribution in [0.5, 0.6) is 5.75 Å². The maximum Gasteiger partial charge on any atom is 0.347 e. The highest BCUT2D eigenvalue weighted by Gasteiger charge is 2.33. The van der Waals surface area contributed by atoms with Crippen molar-refractivity contribution in [3.8, 4) is 5.75 Å². The molecule has 4 atom stereocenters. The van der Waals surface area contributed by atoms with Crippen LogP contribution >= 0.6 is 7.60 Å². The summed E-state index contributed by atoms with van der Waals surface area (Å²) in [5.41, 5.74) is 1.59. The third-order valence-corrected chi connectivity index (χ3v) is 7.05. The van der Waals surface area contributed by atoms with Gasteiger partial charge in [0.15, 0.2) is 0 Å². The van der Waals surface area contributed by atoms with E-state index in [0.717, 1.165) is 5.56 Å². The minimum Gasteiger partial charge on any atom is -0.489 e. The molecule has 0 aliphatic rings. The molecule has 0 saturated heterocycles. The van der Waals surface area contributed by atoms with Crippen LogP contribution in [0, 0.1) is 5.92 Å². The van der Waals surface area contributed by atoms with Crippen LogP contribution in [-0.4, -0.2) is 45.4 Å². The number of hydrogen-bond donors (Lipinski definition) is 5. The quantitative estimate of drug-likeness (QED) is 0.248. The Labute approximate surface area is 217 Å². The van der Waals surface area contributed by atoms with Gasteiger partial charge < -0.3 is 30.5 Å². The van der Waals surface area contributed by atoms with Crippen LogP contribution in [-0.2, 0) is 32.0 Å². The van der Waals surface area contributed by atoms with E-state index in [2.05, 4.69) is 16.0 Å². The van der Waals surface area contributed by atoms with Crippen molar-refractivity contribution in [2.75, 3.05) is 0 Å². The van der Waals surface area contributed by atoms with E-state index in [1.807, 2.05) is 37.3 Å². The van der Waals surface area contributed by atoms with Gasteiger partial charge in [-0.15, -0.1) is 0 Å². The Morgan fingerprint density at radius 3 is 2.05 bits per heavy atom. The number of carbonyl (C=O) groups excluding carboxylic acids is 3. The zero-order valence-corrected chi connectivity index (χ0v) is 22.4. The molecule has 0 unspecified atom stereocenters. The molecule has 0 heterocycles. The lowest BCUT2D eigenvalue weighted by Crippen LogP contribution is -2.55. The monoisotopic (exact) mass is 533 g/mol. The summed E-state index contributed by atoms with van der Waals surface area (Å²) in [6.45, 7) is 6.75. The van der Waals surface area contributed by atoms with Gasteiger partial charge in [-0.25, -0.2) is 0 Å². The Morgan fingerprint density at radius 2 is 1.51 bits per heavy atom. The smallest absolute Gasteiger partial charge is 0.347 e. The van der Waals surface area contributed by atoms with Crippen LogP contribution in [0.2, 0.25) is 0 Å². The Kier molecular flexibility index (Phi) is 11.3. The molecule has 0 aliphatic carbocycles. The van der Waals surface area contributed by atoms with Gasteiger partial charge in [0.05, 0.1) is 0 Å². The lowest BCUT2D eigenvalue weighted by molar-refractivity contribution is -0.132. The van der Waals surface area contributed by atoms with Crippen molar-refractivity contribution in [1.29, 1.82) is 0 Å². The fraction of sp³-hybridized carbons (Fsp3) is 0.423. The van der Waals surface area contributed by atoms with Crippen LogP contribution in [0.3, 0.4) is 0 Å². The Morgan fingerprint density at radius 1 is 0.892 bits per heavy atom. The Balaban J connectivity index is 2.00. The van der Waals surface area contributed by atoms with Crippen molar-refractivity contribution >= 4 is 25.3 Å². The van der Waals surface area contributed by atoms with Gasteiger partial charge in [0.2, 0.25) is 17.7 Å². The van der Waals surface area contributed by atoms with Gasteiger partial charge >= 0.3 is 7.60 Å². The van der Waals surface area contributed by atoms with Gasteiger partial charge in [-0.3, -0.25) is 18.9 Å². The van der Waals surface area contributed by atoms with Crippen LogP contribution in [0.15, 0.2) is 54.6 Å². The molecule has 0 spiro atoms. The molecule has 2 rings (SSSR count). The van der Waals surface area contributed by atoms with Crippen LogP contribution in [0.4, 0.5) is 0 Å². The van der Waals surface area contributed by atoms with Crippen molar-refractivity contribution < 1.29 is 33.5 Å². The normalized spacial score (nSPS) is 14.5. The molecule has 0 saturated carbocycles. The lowest BCUT2D eigenvalue weighted by Gasteiger charge is -2.26. The highest BCUT2D eigenvalue weighted by molar-refractivity contribution is 7.52. The largest absolute Gasteiger partial charge is 0.489 e. The summed E-state index contributed by atoms with van der Waals surface area (Å²) in [7, 11) is -4.73. The van der Waals surface area contributed by atoms with Crippen molar-refractivity contribution in [2.45, 2.75) is 65.0 Å². The molecule has 0 aliphatic heterocycles. The minimum atomic E-state index is -4.73. The number of amides is 3. The minimum absolute atomic E-state index is 0.128. The molecule has 2 aromatic rings. The van der Waals surface area contributed by atoms with Gasteiger partial charge in [0.25, 0.3) is 0 Å².